The van der Waals surface area contributed by atoms with Crippen molar-refractivity contribution in [1.29, 1.82) is 5.26 Å². The Morgan fingerprint density at radius 3 is 2.36 bits per heavy atom. The number of hydrogen-bond acceptors (Lipinski definition) is 4. The number of nitrogens with zero attached hydrogens (tertiary/aromatic N) is 2. The fourth-order valence-electron chi connectivity index (χ4n) is 3.48. The minimum atomic E-state index is -0.175. The van der Waals surface area contributed by atoms with Crippen molar-refractivity contribution in [3.63, 3.8) is 0 Å². The summed E-state index contributed by atoms with van der Waals surface area (Å²) in [6, 6.07) is 17.7. The van der Waals surface area contributed by atoms with Crippen LogP contribution in [0.1, 0.15) is 27.0 Å². The van der Waals surface area contributed by atoms with Crippen LogP contribution in [0.25, 0.3) is 5.57 Å². The molecule has 0 spiro atoms. The van der Waals surface area contributed by atoms with Crippen molar-refractivity contribution in [2.24, 2.45) is 0 Å². The largest absolute Gasteiger partial charge is 0.379 e. The van der Waals surface area contributed by atoms with Gasteiger partial charge in [-0.15, -0.1) is 0 Å². The molecule has 4 rings (SSSR count). The molecular weight excluding hydrogens is 312 g/mol. The van der Waals surface area contributed by atoms with Crippen molar-refractivity contribution in [3.8, 4) is 6.07 Å². The number of fused-ring (bicyclic) bond motifs is 1. The van der Waals surface area contributed by atoms with Crippen LogP contribution in [0.2, 0.25) is 0 Å². The van der Waals surface area contributed by atoms with E-state index >= 15 is 0 Å². The maximum Gasteiger partial charge on any atom is 0.204 e. The average molecular weight is 330 g/mol. The smallest absolute Gasteiger partial charge is 0.204 e. The molecule has 1 aliphatic carbocycles. The molecule has 1 fully saturated rings. The van der Waals surface area contributed by atoms with E-state index in [0.29, 0.717) is 5.56 Å². The van der Waals surface area contributed by atoms with Crippen LogP contribution >= 0.6 is 0 Å². The number of carbonyl (C=O) groups is 1. The molecule has 2 aromatic carbocycles. The van der Waals surface area contributed by atoms with Gasteiger partial charge in [0, 0.05) is 30.8 Å². The molecule has 0 N–H and O–H groups in total. The highest BCUT2D eigenvalue weighted by Crippen LogP contribution is 2.37. The minimum Gasteiger partial charge on any atom is -0.379 e. The molecule has 1 heterocycles. The van der Waals surface area contributed by atoms with Crippen LogP contribution < -0.4 is 0 Å². The van der Waals surface area contributed by atoms with Crippen molar-refractivity contribution in [2.45, 2.75) is 6.54 Å². The van der Waals surface area contributed by atoms with E-state index in [1.807, 2.05) is 30.3 Å². The lowest BCUT2D eigenvalue weighted by atomic mass is 9.97. The molecule has 0 radical (unpaired) electrons. The highest BCUT2D eigenvalue weighted by atomic mass is 16.5. The van der Waals surface area contributed by atoms with Crippen molar-refractivity contribution < 1.29 is 9.53 Å². The van der Waals surface area contributed by atoms with Gasteiger partial charge in [0.1, 0.15) is 11.6 Å². The molecule has 0 amide bonds. The summed E-state index contributed by atoms with van der Waals surface area (Å²) in [6.45, 7) is 4.37. The Morgan fingerprint density at radius 1 is 1.00 bits per heavy atom. The Kier molecular flexibility index (Phi) is 4.19. The number of hydrogen-bond donors (Lipinski definition) is 0. The van der Waals surface area contributed by atoms with Gasteiger partial charge < -0.3 is 4.74 Å². The molecular formula is C21H18N2O2. The summed E-state index contributed by atoms with van der Waals surface area (Å²) in [4.78, 5) is 14.8. The number of carbonyl (C=O) groups excluding carboxylic acids is 1. The number of rotatable bonds is 3. The molecule has 124 valence electrons. The summed E-state index contributed by atoms with van der Waals surface area (Å²) in [5.41, 5.74) is 4.60. The number of ketones is 1. The van der Waals surface area contributed by atoms with Crippen molar-refractivity contribution in [2.75, 3.05) is 26.3 Å². The molecule has 2 aromatic rings. The average Bonchev–Trinajstić information content (AvgIpc) is 2.95. The maximum atomic E-state index is 12.4. The zero-order valence-electron chi connectivity index (χ0n) is 13.9. The fourth-order valence-corrected chi connectivity index (χ4v) is 3.48. The monoisotopic (exact) mass is 330 g/mol. The molecule has 1 aliphatic heterocycles. The number of morpholine rings is 1. The second-order valence-electron chi connectivity index (χ2n) is 6.32. The summed E-state index contributed by atoms with van der Waals surface area (Å²) in [6.07, 6.45) is 0. The molecule has 2 aliphatic rings. The molecule has 0 unspecified atom stereocenters. The van der Waals surface area contributed by atoms with Crippen LogP contribution in [0.4, 0.5) is 0 Å². The Bertz CT molecular complexity index is 885. The first-order valence-corrected chi connectivity index (χ1v) is 8.46. The number of Topliss-reactive ketones (excluding diaryl/α,β-unsaturated/α-hetero) is 1. The lowest BCUT2D eigenvalue weighted by Crippen LogP contribution is -2.35. The molecule has 4 nitrogen and oxygen atoms in total. The Hall–Kier alpha value is -2.74. The first-order valence-electron chi connectivity index (χ1n) is 8.46. The molecule has 1 saturated heterocycles. The SMILES string of the molecule is N#CC1=C(c2ccc(CN3CCOCC3)cc2)c2ccccc2C1=O. The highest BCUT2D eigenvalue weighted by Gasteiger charge is 2.30. The number of allylic oxidation sites excluding steroid dienone is 1. The molecule has 25 heavy (non-hydrogen) atoms. The van der Waals surface area contributed by atoms with Crippen molar-refractivity contribution in [3.05, 3.63) is 76.4 Å². The maximum absolute atomic E-state index is 12.4. The second-order valence-corrected chi connectivity index (χ2v) is 6.32. The standard InChI is InChI=1S/C21H18N2O2/c22-13-19-20(17-3-1-2-4-18(17)21(19)24)16-7-5-15(6-8-16)14-23-9-11-25-12-10-23/h1-8H,9-12,14H2. The zero-order chi connectivity index (χ0) is 17.2. The second kappa shape index (κ2) is 6.64. The van der Waals surface area contributed by atoms with Crippen LogP contribution in [0, 0.1) is 11.3 Å². The molecule has 0 bridgehead atoms. The van der Waals surface area contributed by atoms with Gasteiger partial charge in [-0.2, -0.15) is 5.26 Å². The predicted molar refractivity (Wildman–Crippen MR) is 94.9 cm³/mol. The summed E-state index contributed by atoms with van der Waals surface area (Å²) in [7, 11) is 0. The highest BCUT2D eigenvalue weighted by molar-refractivity contribution is 6.25. The first kappa shape index (κ1) is 15.8. The quantitative estimate of drug-likeness (QED) is 0.868. The van der Waals surface area contributed by atoms with Crippen LogP contribution in [-0.2, 0) is 11.3 Å². The number of nitriles is 1. The third kappa shape index (κ3) is 2.89. The normalized spacial score (nSPS) is 17.5. The number of benzene rings is 2. The summed E-state index contributed by atoms with van der Waals surface area (Å²) in [5.74, 6) is -0.175. The van der Waals surface area contributed by atoms with E-state index in [9.17, 15) is 10.1 Å². The summed E-state index contributed by atoms with van der Waals surface area (Å²) in [5, 5.41) is 9.46. The topological polar surface area (TPSA) is 53.3 Å². The van der Waals surface area contributed by atoms with E-state index < -0.39 is 0 Å². The zero-order valence-corrected chi connectivity index (χ0v) is 13.9. The van der Waals surface area contributed by atoms with Crippen LogP contribution in [-0.4, -0.2) is 37.0 Å². The van der Waals surface area contributed by atoms with Crippen LogP contribution in [0.15, 0.2) is 54.1 Å². The van der Waals surface area contributed by atoms with E-state index in [4.69, 9.17) is 4.74 Å². The molecule has 0 atom stereocenters. The van der Waals surface area contributed by atoms with Gasteiger partial charge in [-0.1, -0.05) is 48.5 Å². The molecule has 4 heteroatoms. The van der Waals surface area contributed by atoms with Gasteiger partial charge in [-0.25, -0.2) is 0 Å². The minimum absolute atomic E-state index is 0.175. The summed E-state index contributed by atoms with van der Waals surface area (Å²) < 4.78 is 5.38. The van der Waals surface area contributed by atoms with E-state index in [1.54, 1.807) is 6.07 Å². The van der Waals surface area contributed by atoms with Gasteiger partial charge in [0.05, 0.1) is 13.2 Å². The van der Waals surface area contributed by atoms with Gasteiger partial charge in [-0.3, -0.25) is 9.69 Å². The summed E-state index contributed by atoms with van der Waals surface area (Å²) >= 11 is 0. The Balaban J connectivity index is 1.64. The first-order chi connectivity index (χ1) is 12.3. The predicted octanol–water partition coefficient (Wildman–Crippen LogP) is 3.04. The molecule has 0 aromatic heterocycles. The lowest BCUT2D eigenvalue weighted by Gasteiger charge is -2.26. The fraction of sp³-hybridized carbons (Fsp3) is 0.238. The molecule has 0 saturated carbocycles. The van der Waals surface area contributed by atoms with Crippen LogP contribution in [0.5, 0.6) is 0 Å². The van der Waals surface area contributed by atoms with Gasteiger partial charge >= 0.3 is 0 Å². The lowest BCUT2D eigenvalue weighted by molar-refractivity contribution is 0.0342. The third-order valence-electron chi connectivity index (χ3n) is 4.78. The van der Waals surface area contributed by atoms with Gasteiger partial charge in [-0.05, 0) is 16.7 Å². The number of ether oxygens (including phenoxy) is 1. The van der Waals surface area contributed by atoms with Crippen molar-refractivity contribution >= 4 is 11.4 Å². The van der Waals surface area contributed by atoms with E-state index in [2.05, 4.69) is 23.1 Å². The Morgan fingerprint density at radius 2 is 1.68 bits per heavy atom. The van der Waals surface area contributed by atoms with E-state index in [1.165, 1.54) is 5.56 Å². The third-order valence-corrected chi connectivity index (χ3v) is 4.78. The van der Waals surface area contributed by atoms with E-state index in [-0.39, 0.29) is 11.4 Å². The van der Waals surface area contributed by atoms with Gasteiger partial charge in [0.15, 0.2) is 0 Å². The van der Waals surface area contributed by atoms with Crippen LogP contribution in [0.3, 0.4) is 0 Å². The van der Waals surface area contributed by atoms with Gasteiger partial charge in [0.25, 0.3) is 0 Å². The van der Waals surface area contributed by atoms with E-state index in [0.717, 1.165) is 49.5 Å². The van der Waals surface area contributed by atoms with Gasteiger partial charge in [0.2, 0.25) is 5.78 Å². The Labute approximate surface area is 146 Å². The van der Waals surface area contributed by atoms with Crippen molar-refractivity contribution in [1.82, 2.24) is 4.90 Å².